The van der Waals surface area contributed by atoms with Crippen LogP contribution in [-0.2, 0) is 15.7 Å². The van der Waals surface area contributed by atoms with E-state index in [4.69, 9.17) is 4.74 Å². The number of urea groups is 1. The summed E-state index contributed by atoms with van der Waals surface area (Å²) in [5.74, 6) is -0.636. The molecule has 1 atom stereocenters. The van der Waals surface area contributed by atoms with Crippen LogP contribution in [0.1, 0.15) is 18.4 Å². The van der Waals surface area contributed by atoms with Crippen LogP contribution < -0.4 is 4.90 Å². The predicted octanol–water partition coefficient (Wildman–Crippen LogP) is 1.71. The molecule has 2 rings (SSSR count). The quantitative estimate of drug-likeness (QED) is 0.774. The molecule has 0 bridgehead atoms. The second-order valence-electron chi connectivity index (χ2n) is 4.31. The van der Waals surface area contributed by atoms with E-state index in [1.54, 1.807) is 0 Å². The summed E-state index contributed by atoms with van der Waals surface area (Å²) in [7, 11) is 1.49. The molecule has 0 radical (unpaired) electrons. The molecule has 1 unspecified atom stereocenters. The van der Waals surface area contributed by atoms with Crippen molar-refractivity contribution in [2.24, 2.45) is 0 Å². The number of rotatable bonds is 2. The van der Waals surface area contributed by atoms with E-state index >= 15 is 0 Å². The van der Waals surface area contributed by atoms with E-state index in [0.29, 0.717) is 6.54 Å². The topological polar surface area (TPSA) is 75.6 Å². The molecule has 1 aliphatic heterocycles. The van der Waals surface area contributed by atoms with Gasteiger partial charge in [0.15, 0.2) is 6.23 Å². The van der Waals surface area contributed by atoms with E-state index in [2.05, 4.69) is 10.2 Å². The lowest BCUT2D eigenvalue weighted by molar-refractivity contribution is -0.146. The van der Waals surface area contributed by atoms with Crippen LogP contribution in [0.5, 0.6) is 0 Å². The number of ether oxygens (including phenoxy) is 1. The van der Waals surface area contributed by atoms with Gasteiger partial charge in [-0.05, 0) is 0 Å². The van der Waals surface area contributed by atoms with Gasteiger partial charge in [0.1, 0.15) is 0 Å². The zero-order valence-corrected chi connectivity index (χ0v) is 11.9. The highest BCUT2D eigenvalue weighted by atomic mass is 32.1. The lowest BCUT2D eigenvalue weighted by Gasteiger charge is -2.37. The number of aromatic nitrogens is 2. The number of halogens is 3. The predicted molar refractivity (Wildman–Crippen MR) is 65.6 cm³/mol. The zero-order valence-electron chi connectivity index (χ0n) is 11.0. The molecule has 0 aromatic carbocycles. The SMILES string of the molecule is CC(=O)OC1CCN(C)C(=O)N1c1nnc(C(F)(F)F)s1. The summed E-state index contributed by atoms with van der Waals surface area (Å²) >= 11 is 0.223. The minimum absolute atomic E-state index is 0.223. The van der Waals surface area contributed by atoms with Crippen molar-refractivity contribution in [1.82, 2.24) is 15.1 Å². The second kappa shape index (κ2) is 5.47. The Morgan fingerprint density at radius 1 is 1.43 bits per heavy atom. The van der Waals surface area contributed by atoms with Gasteiger partial charge in [0.05, 0.1) is 0 Å². The van der Waals surface area contributed by atoms with Crippen LogP contribution in [0, 0.1) is 0 Å². The maximum Gasteiger partial charge on any atom is 0.445 e. The Kier molecular flexibility index (Phi) is 4.03. The van der Waals surface area contributed by atoms with Gasteiger partial charge in [0, 0.05) is 26.9 Å². The third kappa shape index (κ3) is 3.23. The minimum atomic E-state index is -4.64. The molecule has 2 amide bonds. The number of hydrogen-bond acceptors (Lipinski definition) is 6. The largest absolute Gasteiger partial charge is 0.445 e. The highest BCUT2D eigenvalue weighted by Gasteiger charge is 2.40. The second-order valence-corrected chi connectivity index (χ2v) is 5.27. The molecular formula is C10H11F3N4O3S. The first-order valence-electron chi connectivity index (χ1n) is 5.82. The summed E-state index contributed by atoms with van der Waals surface area (Å²) in [6.07, 6.45) is -5.36. The van der Waals surface area contributed by atoms with Gasteiger partial charge in [-0.2, -0.15) is 13.2 Å². The van der Waals surface area contributed by atoms with Crippen molar-refractivity contribution in [2.45, 2.75) is 25.7 Å². The molecule has 1 saturated heterocycles. The van der Waals surface area contributed by atoms with E-state index in [1.165, 1.54) is 11.9 Å². The molecule has 0 aliphatic carbocycles. The highest BCUT2D eigenvalue weighted by molar-refractivity contribution is 7.15. The summed E-state index contributed by atoms with van der Waals surface area (Å²) in [6, 6.07) is -0.600. The fraction of sp³-hybridized carbons (Fsp3) is 0.600. The molecule has 0 spiro atoms. The van der Waals surface area contributed by atoms with Crippen molar-refractivity contribution in [1.29, 1.82) is 0 Å². The Bertz CT molecular complexity index is 562. The van der Waals surface area contributed by atoms with Crippen molar-refractivity contribution in [2.75, 3.05) is 18.5 Å². The van der Waals surface area contributed by atoms with Crippen LogP contribution in [0.15, 0.2) is 0 Å². The standard InChI is InChI=1S/C10H11F3N4O3S/c1-5(18)20-6-3-4-16(2)9(19)17(6)8-15-14-7(21-8)10(11,12)13/h6H,3-4H2,1-2H3. The lowest BCUT2D eigenvalue weighted by atomic mass is 10.3. The van der Waals surface area contributed by atoms with E-state index in [1.807, 2.05) is 0 Å². The molecule has 2 heterocycles. The Balaban J connectivity index is 2.33. The number of anilines is 1. The number of nitrogens with zero attached hydrogens (tertiary/aromatic N) is 4. The Morgan fingerprint density at radius 3 is 2.62 bits per heavy atom. The first kappa shape index (κ1) is 15.5. The zero-order chi connectivity index (χ0) is 15.8. The molecule has 11 heteroatoms. The molecule has 0 saturated carbocycles. The number of carbonyl (C=O) groups is 2. The number of hydrogen-bond donors (Lipinski definition) is 0. The van der Waals surface area contributed by atoms with Gasteiger partial charge < -0.3 is 9.64 Å². The average Bonchev–Trinajstić information content (AvgIpc) is 2.82. The van der Waals surface area contributed by atoms with Crippen molar-refractivity contribution in [3.63, 3.8) is 0 Å². The van der Waals surface area contributed by atoms with Gasteiger partial charge in [-0.25, -0.2) is 9.69 Å². The molecule has 0 N–H and O–H groups in total. The summed E-state index contributed by atoms with van der Waals surface area (Å²) in [5, 5.41) is 4.98. The lowest BCUT2D eigenvalue weighted by Crippen LogP contribution is -2.54. The highest BCUT2D eigenvalue weighted by Crippen LogP contribution is 2.36. The molecule has 1 aromatic rings. The number of carbonyl (C=O) groups excluding carboxylic acids is 2. The van der Waals surface area contributed by atoms with Crippen molar-refractivity contribution in [3.05, 3.63) is 5.01 Å². The third-order valence-corrected chi connectivity index (χ3v) is 3.66. The van der Waals surface area contributed by atoms with Crippen molar-refractivity contribution < 1.29 is 27.5 Å². The van der Waals surface area contributed by atoms with Crippen LogP contribution >= 0.6 is 11.3 Å². The molecular weight excluding hydrogens is 313 g/mol. The maximum absolute atomic E-state index is 12.6. The summed E-state index contributed by atoms with van der Waals surface area (Å²) < 4.78 is 42.6. The molecule has 7 nitrogen and oxygen atoms in total. The summed E-state index contributed by atoms with van der Waals surface area (Å²) in [5.41, 5.74) is 0. The van der Waals surface area contributed by atoms with Gasteiger partial charge in [-0.1, -0.05) is 11.3 Å². The van der Waals surface area contributed by atoms with Gasteiger partial charge in [-0.3, -0.25) is 4.79 Å². The van der Waals surface area contributed by atoms with E-state index in [-0.39, 0.29) is 22.9 Å². The number of amides is 2. The Morgan fingerprint density at radius 2 is 2.10 bits per heavy atom. The normalized spacial score (nSPS) is 19.9. The van der Waals surface area contributed by atoms with Crippen LogP contribution in [0.4, 0.5) is 23.1 Å². The molecule has 116 valence electrons. The van der Waals surface area contributed by atoms with Crippen LogP contribution in [0.3, 0.4) is 0 Å². The number of alkyl halides is 3. The van der Waals surface area contributed by atoms with Gasteiger partial charge in [0.2, 0.25) is 10.1 Å². The first-order valence-corrected chi connectivity index (χ1v) is 6.64. The first-order chi connectivity index (χ1) is 9.70. The van der Waals surface area contributed by atoms with Crippen molar-refractivity contribution in [3.8, 4) is 0 Å². The fourth-order valence-corrected chi connectivity index (χ4v) is 2.52. The Labute approximate surface area is 121 Å². The average molecular weight is 324 g/mol. The monoisotopic (exact) mass is 324 g/mol. The molecule has 1 fully saturated rings. The summed E-state index contributed by atoms with van der Waals surface area (Å²) in [4.78, 5) is 25.4. The van der Waals surface area contributed by atoms with E-state index in [0.717, 1.165) is 11.8 Å². The smallest absolute Gasteiger partial charge is 0.441 e. The van der Waals surface area contributed by atoms with Crippen LogP contribution in [0.25, 0.3) is 0 Å². The van der Waals surface area contributed by atoms with Gasteiger partial charge in [-0.15, -0.1) is 10.2 Å². The molecule has 1 aliphatic rings. The van der Waals surface area contributed by atoms with Crippen molar-refractivity contribution >= 4 is 28.5 Å². The minimum Gasteiger partial charge on any atom is -0.441 e. The third-order valence-electron chi connectivity index (χ3n) is 2.70. The fourth-order valence-electron chi connectivity index (χ4n) is 1.77. The molecule has 21 heavy (non-hydrogen) atoms. The van der Waals surface area contributed by atoms with Gasteiger partial charge >= 0.3 is 18.2 Å². The van der Waals surface area contributed by atoms with E-state index in [9.17, 15) is 22.8 Å². The van der Waals surface area contributed by atoms with Crippen LogP contribution in [-0.4, -0.2) is 46.9 Å². The number of esters is 1. The Hall–Kier alpha value is -1.91. The maximum atomic E-state index is 12.6. The molecule has 1 aromatic heterocycles. The van der Waals surface area contributed by atoms with Crippen LogP contribution in [0.2, 0.25) is 0 Å². The van der Waals surface area contributed by atoms with Gasteiger partial charge in [0.25, 0.3) is 0 Å². The summed E-state index contributed by atoms with van der Waals surface area (Å²) in [6.45, 7) is 1.47. The van der Waals surface area contributed by atoms with E-state index < -0.39 is 29.4 Å².